The summed E-state index contributed by atoms with van der Waals surface area (Å²) < 4.78 is 63.7. The molecular weight excluding hydrogens is 316 g/mol. The molecule has 23 heavy (non-hydrogen) atoms. The second-order valence-electron chi connectivity index (χ2n) is 5.56. The van der Waals surface area contributed by atoms with Crippen molar-refractivity contribution in [2.45, 2.75) is 51.5 Å². The van der Waals surface area contributed by atoms with Crippen LogP contribution < -0.4 is 0 Å². The number of rotatable bonds is 3. The van der Waals surface area contributed by atoms with Crippen molar-refractivity contribution in [1.29, 1.82) is 0 Å². The first kappa shape index (κ1) is 17.7. The Kier molecular flexibility index (Phi) is 5.29. The molecule has 3 nitrogen and oxygen atoms in total. The molecule has 1 heterocycles. The average molecular weight is 334 g/mol. The van der Waals surface area contributed by atoms with Gasteiger partial charge in [-0.1, -0.05) is 13.0 Å². The maximum atomic E-state index is 14.2. The Balaban J connectivity index is 2.24. The molecule has 0 spiro atoms. The Labute approximate surface area is 131 Å². The number of aryl methyl sites for hydroxylation is 1. The van der Waals surface area contributed by atoms with E-state index in [1.54, 1.807) is 0 Å². The van der Waals surface area contributed by atoms with Gasteiger partial charge < -0.3 is 9.47 Å². The van der Waals surface area contributed by atoms with E-state index < -0.39 is 35.2 Å². The second kappa shape index (κ2) is 6.86. The highest BCUT2D eigenvalue weighted by Gasteiger charge is 2.38. The van der Waals surface area contributed by atoms with E-state index in [-0.39, 0.29) is 24.7 Å². The quantitative estimate of drug-likeness (QED) is 0.616. The van der Waals surface area contributed by atoms with E-state index in [9.17, 15) is 22.4 Å². The van der Waals surface area contributed by atoms with Crippen LogP contribution in [0, 0.1) is 5.82 Å². The number of carbonyl (C=O) groups is 1. The third-order valence-electron chi connectivity index (χ3n) is 3.85. The highest BCUT2D eigenvalue weighted by molar-refractivity contribution is 5.90. The van der Waals surface area contributed by atoms with Crippen LogP contribution in [0.3, 0.4) is 0 Å². The Morgan fingerprint density at radius 2 is 2.04 bits per heavy atom. The standard InChI is InChI=1S/C16H18F4O3/c1-3-10-5-7-12(14(17)13(10)16(18,19)20)15(21)23-11-6-4-9(2)22-8-11/h5,7,9,11H,3-4,6,8H2,1-2H3. The van der Waals surface area contributed by atoms with E-state index in [2.05, 4.69) is 0 Å². The summed E-state index contributed by atoms with van der Waals surface area (Å²) in [6, 6.07) is 2.15. The molecule has 1 saturated heterocycles. The summed E-state index contributed by atoms with van der Waals surface area (Å²) in [4.78, 5) is 12.0. The van der Waals surface area contributed by atoms with Gasteiger partial charge in [0.25, 0.3) is 0 Å². The molecule has 0 aromatic heterocycles. The predicted molar refractivity (Wildman–Crippen MR) is 74.6 cm³/mol. The number of alkyl halides is 3. The Bertz CT molecular complexity index is 575. The van der Waals surface area contributed by atoms with Crippen LogP contribution in [0.25, 0.3) is 0 Å². The van der Waals surface area contributed by atoms with E-state index in [1.807, 2.05) is 6.92 Å². The second-order valence-corrected chi connectivity index (χ2v) is 5.56. The lowest BCUT2D eigenvalue weighted by Crippen LogP contribution is -2.32. The van der Waals surface area contributed by atoms with Crippen molar-refractivity contribution >= 4 is 5.97 Å². The molecule has 1 aliphatic heterocycles. The third kappa shape index (κ3) is 4.02. The maximum absolute atomic E-state index is 14.2. The van der Waals surface area contributed by atoms with Gasteiger partial charge in [0.05, 0.1) is 23.8 Å². The molecule has 128 valence electrons. The maximum Gasteiger partial charge on any atom is 0.419 e. The Morgan fingerprint density at radius 3 is 2.57 bits per heavy atom. The minimum atomic E-state index is -4.87. The van der Waals surface area contributed by atoms with Crippen LogP contribution in [0.4, 0.5) is 17.6 Å². The van der Waals surface area contributed by atoms with E-state index in [0.717, 1.165) is 12.1 Å². The first-order valence-electron chi connectivity index (χ1n) is 7.45. The lowest BCUT2D eigenvalue weighted by Gasteiger charge is -2.26. The van der Waals surface area contributed by atoms with E-state index in [0.29, 0.717) is 12.8 Å². The monoisotopic (exact) mass is 334 g/mol. The van der Waals surface area contributed by atoms with Gasteiger partial charge in [0.15, 0.2) is 0 Å². The number of hydrogen-bond acceptors (Lipinski definition) is 3. The van der Waals surface area contributed by atoms with Crippen LogP contribution in [-0.4, -0.2) is 24.8 Å². The molecule has 2 rings (SSSR count). The van der Waals surface area contributed by atoms with Crippen molar-refractivity contribution in [2.24, 2.45) is 0 Å². The molecule has 0 saturated carbocycles. The number of hydrogen-bond donors (Lipinski definition) is 0. The molecule has 0 amide bonds. The van der Waals surface area contributed by atoms with Gasteiger partial charge in [-0.2, -0.15) is 13.2 Å². The molecule has 0 radical (unpaired) electrons. The molecule has 1 aromatic carbocycles. The molecule has 7 heteroatoms. The van der Waals surface area contributed by atoms with Crippen molar-refractivity contribution in [3.8, 4) is 0 Å². The molecule has 2 unspecified atom stereocenters. The number of ether oxygens (including phenoxy) is 2. The molecular formula is C16H18F4O3. The van der Waals surface area contributed by atoms with Crippen LogP contribution >= 0.6 is 0 Å². The summed E-state index contributed by atoms with van der Waals surface area (Å²) in [7, 11) is 0. The Hall–Kier alpha value is -1.63. The smallest absolute Gasteiger partial charge is 0.419 e. The minimum absolute atomic E-state index is 0.00937. The van der Waals surface area contributed by atoms with Crippen molar-refractivity contribution in [2.75, 3.05) is 6.61 Å². The van der Waals surface area contributed by atoms with Crippen molar-refractivity contribution in [3.63, 3.8) is 0 Å². The summed E-state index contributed by atoms with van der Waals surface area (Å²) in [5.41, 5.74) is -2.29. The van der Waals surface area contributed by atoms with Gasteiger partial charge in [0.2, 0.25) is 0 Å². The van der Waals surface area contributed by atoms with Crippen LogP contribution in [0.5, 0.6) is 0 Å². The minimum Gasteiger partial charge on any atom is -0.456 e. The highest BCUT2D eigenvalue weighted by atomic mass is 19.4. The number of carbonyl (C=O) groups excluding carboxylic acids is 1. The van der Waals surface area contributed by atoms with Crippen molar-refractivity contribution in [1.82, 2.24) is 0 Å². The van der Waals surface area contributed by atoms with Crippen LogP contribution in [0.1, 0.15) is 48.2 Å². The van der Waals surface area contributed by atoms with E-state index in [4.69, 9.17) is 9.47 Å². The summed E-state index contributed by atoms with van der Waals surface area (Å²) in [5.74, 6) is -2.68. The fourth-order valence-electron chi connectivity index (χ4n) is 2.54. The van der Waals surface area contributed by atoms with E-state index >= 15 is 0 Å². The largest absolute Gasteiger partial charge is 0.456 e. The van der Waals surface area contributed by atoms with Gasteiger partial charge in [-0.05, 0) is 37.8 Å². The van der Waals surface area contributed by atoms with Crippen LogP contribution in [0.15, 0.2) is 12.1 Å². The van der Waals surface area contributed by atoms with Crippen molar-refractivity contribution < 1.29 is 31.8 Å². The molecule has 0 bridgehead atoms. The number of benzene rings is 1. The van der Waals surface area contributed by atoms with Gasteiger partial charge in [0.1, 0.15) is 11.9 Å². The summed E-state index contributed by atoms with van der Waals surface area (Å²) in [6.45, 7) is 3.52. The normalized spacial score (nSPS) is 22.0. The molecule has 0 aliphatic carbocycles. The summed E-state index contributed by atoms with van der Waals surface area (Å²) in [6.07, 6.45) is -4.18. The van der Waals surface area contributed by atoms with Gasteiger partial charge >= 0.3 is 12.1 Å². The zero-order valence-electron chi connectivity index (χ0n) is 12.9. The fourth-order valence-corrected chi connectivity index (χ4v) is 2.54. The van der Waals surface area contributed by atoms with E-state index in [1.165, 1.54) is 6.92 Å². The van der Waals surface area contributed by atoms with Gasteiger partial charge in [0, 0.05) is 0 Å². The predicted octanol–water partition coefficient (Wildman–Crippen LogP) is 4.13. The summed E-state index contributed by atoms with van der Waals surface area (Å²) >= 11 is 0. The topological polar surface area (TPSA) is 35.5 Å². The first-order valence-corrected chi connectivity index (χ1v) is 7.45. The molecule has 1 aliphatic rings. The average Bonchev–Trinajstić information content (AvgIpc) is 2.47. The highest BCUT2D eigenvalue weighted by Crippen LogP contribution is 2.36. The van der Waals surface area contributed by atoms with Crippen LogP contribution in [0.2, 0.25) is 0 Å². The zero-order chi connectivity index (χ0) is 17.2. The summed E-state index contributed by atoms with van der Waals surface area (Å²) in [5, 5.41) is 0. The lowest BCUT2D eigenvalue weighted by molar-refractivity contribution is -0.140. The molecule has 1 aromatic rings. The fraction of sp³-hybridized carbons (Fsp3) is 0.562. The molecule has 0 N–H and O–H groups in total. The lowest BCUT2D eigenvalue weighted by atomic mass is 10.0. The van der Waals surface area contributed by atoms with Crippen LogP contribution in [-0.2, 0) is 22.1 Å². The van der Waals surface area contributed by atoms with Gasteiger partial charge in [-0.15, -0.1) is 0 Å². The Morgan fingerprint density at radius 1 is 1.35 bits per heavy atom. The third-order valence-corrected chi connectivity index (χ3v) is 3.85. The van der Waals surface area contributed by atoms with Crippen molar-refractivity contribution in [3.05, 3.63) is 34.6 Å². The SMILES string of the molecule is CCc1ccc(C(=O)OC2CCC(C)OC2)c(F)c1C(F)(F)F. The van der Waals surface area contributed by atoms with Gasteiger partial charge in [-0.25, -0.2) is 9.18 Å². The zero-order valence-corrected chi connectivity index (χ0v) is 12.9. The van der Waals surface area contributed by atoms with Gasteiger partial charge in [-0.3, -0.25) is 0 Å². The first-order chi connectivity index (χ1) is 10.7. The number of esters is 1. The molecule has 1 fully saturated rings. The molecule has 2 atom stereocenters. The number of halogens is 4.